The lowest BCUT2D eigenvalue weighted by atomic mass is 10.1. The van der Waals surface area contributed by atoms with Gasteiger partial charge in [0, 0.05) is 12.6 Å². The number of rotatable bonds is 4. The van der Waals surface area contributed by atoms with Crippen molar-refractivity contribution >= 4 is 23.6 Å². The van der Waals surface area contributed by atoms with Crippen LogP contribution in [0.15, 0.2) is 18.3 Å². The summed E-state index contributed by atoms with van der Waals surface area (Å²) in [6.07, 6.45) is 2.10. The van der Waals surface area contributed by atoms with Crippen LogP contribution in [0, 0.1) is 0 Å². The molecule has 7 heteroatoms. The minimum atomic E-state index is -0.492. The molecule has 0 bridgehead atoms. The number of anilines is 1. The molecule has 2 N–H and O–H groups in total. The highest BCUT2D eigenvalue weighted by atomic mass is 16.5. The van der Waals surface area contributed by atoms with Gasteiger partial charge in [0.25, 0.3) is 0 Å². The van der Waals surface area contributed by atoms with Crippen LogP contribution in [0.4, 0.5) is 5.82 Å². The fraction of sp³-hybridized carbons (Fsp3) is 0.385. The number of hydrogen-bond acceptors (Lipinski definition) is 6. The number of piperidine rings is 1. The van der Waals surface area contributed by atoms with E-state index in [-0.39, 0.29) is 11.8 Å². The first-order valence-corrected chi connectivity index (χ1v) is 6.33. The number of hydrogen-bond donors (Lipinski definition) is 2. The van der Waals surface area contributed by atoms with Gasteiger partial charge in [-0.3, -0.25) is 14.9 Å². The average Bonchev–Trinajstić information content (AvgIpc) is 2.43. The molecule has 20 heavy (non-hydrogen) atoms. The van der Waals surface area contributed by atoms with Gasteiger partial charge in [-0.1, -0.05) is 0 Å². The molecule has 0 radical (unpaired) electrons. The first kappa shape index (κ1) is 14.0. The van der Waals surface area contributed by atoms with Crippen LogP contribution in [-0.2, 0) is 14.3 Å². The molecule has 1 aliphatic rings. The number of carbonyl (C=O) groups is 3. The Balaban J connectivity index is 1.98. The molecule has 0 aromatic carbocycles. The predicted molar refractivity (Wildman–Crippen MR) is 70.0 cm³/mol. The van der Waals surface area contributed by atoms with E-state index in [0.717, 1.165) is 0 Å². The van der Waals surface area contributed by atoms with Gasteiger partial charge in [-0.2, -0.15) is 0 Å². The fourth-order valence-corrected chi connectivity index (χ4v) is 1.82. The first-order chi connectivity index (χ1) is 9.60. The van der Waals surface area contributed by atoms with Crippen molar-refractivity contribution in [1.29, 1.82) is 0 Å². The quantitative estimate of drug-likeness (QED) is 0.613. The maximum Gasteiger partial charge on any atom is 0.339 e. The number of carbonyl (C=O) groups excluding carboxylic acids is 3. The Morgan fingerprint density at radius 2 is 2.30 bits per heavy atom. The monoisotopic (exact) mass is 277 g/mol. The summed E-state index contributed by atoms with van der Waals surface area (Å²) in [5.41, 5.74) is 0.348. The molecule has 1 fully saturated rings. The second kappa shape index (κ2) is 6.14. The number of nitrogens with one attached hydrogen (secondary N) is 2. The average molecular weight is 277 g/mol. The predicted octanol–water partition coefficient (Wildman–Crippen LogP) is 0.475. The maximum atomic E-state index is 11.6. The van der Waals surface area contributed by atoms with Crippen LogP contribution in [0.25, 0.3) is 0 Å². The number of pyridine rings is 1. The van der Waals surface area contributed by atoms with Crippen LogP contribution in [0.5, 0.6) is 0 Å². The standard InChI is InChI=1S/C13H15N3O4/c1-2-20-13(19)8-3-5-10(14-7-8)15-9-4-6-11(17)16-12(9)18/h3,5,7,9H,2,4,6H2,1H3,(H,14,15)(H,16,17,18). The van der Waals surface area contributed by atoms with E-state index in [2.05, 4.69) is 15.6 Å². The van der Waals surface area contributed by atoms with E-state index in [9.17, 15) is 14.4 Å². The molecule has 1 unspecified atom stereocenters. The van der Waals surface area contributed by atoms with Crippen molar-refractivity contribution in [3.8, 4) is 0 Å². The topological polar surface area (TPSA) is 97.4 Å². The van der Waals surface area contributed by atoms with E-state index in [1.54, 1.807) is 19.1 Å². The third kappa shape index (κ3) is 3.31. The first-order valence-electron chi connectivity index (χ1n) is 6.33. The summed E-state index contributed by atoms with van der Waals surface area (Å²) in [6, 6.07) is 2.67. The highest BCUT2D eigenvalue weighted by molar-refractivity contribution is 6.01. The van der Waals surface area contributed by atoms with Gasteiger partial charge < -0.3 is 10.1 Å². The molecule has 1 aromatic heterocycles. The molecule has 1 atom stereocenters. The lowest BCUT2D eigenvalue weighted by Gasteiger charge is -2.22. The van der Waals surface area contributed by atoms with Crippen LogP contribution < -0.4 is 10.6 Å². The number of nitrogens with zero attached hydrogens (tertiary/aromatic N) is 1. The number of imide groups is 1. The lowest BCUT2D eigenvalue weighted by molar-refractivity contribution is -0.133. The number of amides is 2. The van der Waals surface area contributed by atoms with Crippen molar-refractivity contribution in [3.05, 3.63) is 23.9 Å². The Bertz CT molecular complexity index is 527. The molecule has 1 aromatic rings. The zero-order valence-electron chi connectivity index (χ0n) is 11.0. The second-order valence-electron chi connectivity index (χ2n) is 4.30. The molecular formula is C13H15N3O4. The van der Waals surface area contributed by atoms with Gasteiger partial charge in [0.2, 0.25) is 11.8 Å². The Morgan fingerprint density at radius 1 is 1.50 bits per heavy atom. The molecule has 0 aliphatic carbocycles. The molecule has 1 saturated heterocycles. The zero-order valence-corrected chi connectivity index (χ0v) is 11.0. The van der Waals surface area contributed by atoms with Gasteiger partial charge in [-0.15, -0.1) is 0 Å². The summed E-state index contributed by atoms with van der Waals surface area (Å²) >= 11 is 0. The molecule has 0 spiro atoms. The number of ether oxygens (including phenoxy) is 1. The summed E-state index contributed by atoms with van der Waals surface area (Å²) in [6.45, 7) is 2.03. The van der Waals surface area contributed by atoms with E-state index in [4.69, 9.17) is 4.74 Å². The van der Waals surface area contributed by atoms with Crippen molar-refractivity contribution in [2.45, 2.75) is 25.8 Å². The second-order valence-corrected chi connectivity index (χ2v) is 4.30. The molecule has 0 saturated carbocycles. The molecule has 2 rings (SSSR count). The van der Waals surface area contributed by atoms with E-state index in [1.807, 2.05) is 0 Å². The Hall–Kier alpha value is -2.44. The van der Waals surface area contributed by atoms with Gasteiger partial charge in [0.1, 0.15) is 11.9 Å². The molecule has 7 nitrogen and oxygen atoms in total. The largest absolute Gasteiger partial charge is 0.462 e. The Morgan fingerprint density at radius 3 is 2.90 bits per heavy atom. The summed E-state index contributed by atoms with van der Waals surface area (Å²) < 4.78 is 4.85. The van der Waals surface area contributed by atoms with Gasteiger partial charge in [-0.05, 0) is 25.5 Å². The van der Waals surface area contributed by atoms with Crippen molar-refractivity contribution in [1.82, 2.24) is 10.3 Å². The Labute approximate surface area is 115 Å². The van der Waals surface area contributed by atoms with Gasteiger partial charge in [0.15, 0.2) is 0 Å². The van der Waals surface area contributed by atoms with Gasteiger partial charge >= 0.3 is 5.97 Å². The molecular weight excluding hydrogens is 262 g/mol. The minimum absolute atomic E-state index is 0.265. The third-order valence-electron chi connectivity index (χ3n) is 2.84. The van der Waals surface area contributed by atoms with Gasteiger partial charge in [-0.25, -0.2) is 9.78 Å². The maximum absolute atomic E-state index is 11.6. The molecule has 2 heterocycles. The van der Waals surface area contributed by atoms with Crippen LogP contribution in [-0.4, -0.2) is 35.4 Å². The molecule has 2 amide bonds. The highest BCUT2D eigenvalue weighted by Crippen LogP contribution is 2.12. The van der Waals surface area contributed by atoms with Crippen molar-refractivity contribution < 1.29 is 19.1 Å². The smallest absolute Gasteiger partial charge is 0.339 e. The minimum Gasteiger partial charge on any atom is -0.462 e. The summed E-state index contributed by atoms with van der Waals surface area (Å²) in [5.74, 6) is -0.601. The lowest BCUT2D eigenvalue weighted by Crippen LogP contribution is -2.47. The zero-order chi connectivity index (χ0) is 14.5. The van der Waals surface area contributed by atoms with Gasteiger partial charge in [0.05, 0.1) is 12.2 Å². The summed E-state index contributed by atoms with van der Waals surface area (Å²) in [5, 5.41) is 5.18. The SMILES string of the molecule is CCOC(=O)c1ccc(NC2CCC(=O)NC2=O)nc1. The van der Waals surface area contributed by atoms with Crippen molar-refractivity contribution in [2.24, 2.45) is 0 Å². The van der Waals surface area contributed by atoms with Crippen LogP contribution >= 0.6 is 0 Å². The van der Waals surface area contributed by atoms with Crippen molar-refractivity contribution in [2.75, 3.05) is 11.9 Å². The van der Waals surface area contributed by atoms with Crippen LogP contribution in [0.3, 0.4) is 0 Å². The van der Waals surface area contributed by atoms with Crippen LogP contribution in [0.2, 0.25) is 0 Å². The summed E-state index contributed by atoms with van der Waals surface area (Å²) in [4.78, 5) is 38.1. The normalized spacial score (nSPS) is 18.4. The summed E-state index contributed by atoms with van der Waals surface area (Å²) in [7, 11) is 0. The van der Waals surface area contributed by atoms with E-state index in [0.29, 0.717) is 30.8 Å². The van der Waals surface area contributed by atoms with E-state index in [1.165, 1.54) is 6.20 Å². The van der Waals surface area contributed by atoms with Crippen molar-refractivity contribution in [3.63, 3.8) is 0 Å². The number of esters is 1. The fourth-order valence-electron chi connectivity index (χ4n) is 1.82. The number of aromatic nitrogens is 1. The highest BCUT2D eigenvalue weighted by Gasteiger charge is 2.26. The Kier molecular flexibility index (Phi) is 4.29. The molecule has 1 aliphatic heterocycles. The van der Waals surface area contributed by atoms with E-state index >= 15 is 0 Å². The molecule has 106 valence electrons. The third-order valence-corrected chi connectivity index (χ3v) is 2.84. The van der Waals surface area contributed by atoms with Crippen LogP contribution in [0.1, 0.15) is 30.1 Å². The van der Waals surface area contributed by atoms with E-state index < -0.39 is 12.0 Å².